The van der Waals surface area contributed by atoms with Crippen molar-refractivity contribution in [2.24, 2.45) is 5.73 Å². The molecule has 1 heterocycles. The van der Waals surface area contributed by atoms with E-state index in [1.165, 1.54) is 30.5 Å². The first-order valence-electron chi connectivity index (χ1n) is 5.44. The summed E-state index contributed by atoms with van der Waals surface area (Å²) in [5.74, 6) is -2.91. The molecule has 1 unspecified atom stereocenters. The number of nitrogens with two attached hydrogens (primary N) is 1. The number of carboxylic acid groups (broad SMARTS) is 1. The highest BCUT2D eigenvalue weighted by Crippen LogP contribution is 2.30. The van der Waals surface area contributed by atoms with E-state index < -0.39 is 11.8 Å². The van der Waals surface area contributed by atoms with Crippen LogP contribution in [-0.2, 0) is 12.3 Å². The Morgan fingerprint density at radius 3 is 2.78 bits per heavy atom. The zero-order valence-electron chi connectivity index (χ0n) is 9.56. The molecule has 0 saturated heterocycles. The van der Waals surface area contributed by atoms with Crippen molar-refractivity contribution in [1.29, 1.82) is 0 Å². The average molecular weight is 248 g/mol. The van der Waals surface area contributed by atoms with Crippen molar-refractivity contribution in [3.63, 3.8) is 0 Å². The molecule has 0 saturated carbocycles. The van der Waals surface area contributed by atoms with E-state index in [9.17, 15) is 9.18 Å². The van der Waals surface area contributed by atoms with Gasteiger partial charge in [-0.15, -0.1) is 0 Å². The maximum Gasteiger partial charge on any atom is 0.335 e. The summed E-state index contributed by atoms with van der Waals surface area (Å²) in [5, 5.41) is 11.5. The standard InChI is InChI=1S/C13H13FN2O2/c14-13(5-1-2-6-16-13)11-4-3-9(12(17)18)7-10(11)8-15/h1-7,16H,8,15H2,(H,17,18). The molecule has 94 valence electrons. The summed E-state index contributed by atoms with van der Waals surface area (Å²) in [6.45, 7) is 0.0708. The Morgan fingerprint density at radius 2 is 2.22 bits per heavy atom. The highest BCUT2D eigenvalue weighted by atomic mass is 19.1. The molecule has 0 aromatic heterocycles. The van der Waals surface area contributed by atoms with Gasteiger partial charge in [-0.2, -0.15) is 0 Å². The molecular weight excluding hydrogens is 235 g/mol. The molecule has 1 aromatic rings. The molecule has 4 N–H and O–H groups in total. The molecule has 1 aromatic carbocycles. The molecule has 18 heavy (non-hydrogen) atoms. The number of benzene rings is 1. The summed E-state index contributed by atoms with van der Waals surface area (Å²) in [6, 6.07) is 4.21. The van der Waals surface area contributed by atoms with Crippen LogP contribution >= 0.6 is 0 Å². The van der Waals surface area contributed by atoms with Crippen LogP contribution in [-0.4, -0.2) is 11.1 Å². The molecule has 0 bridgehead atoms. The lowest BCUT2D eigenvalue weighted by Crippen LogP contribution is -2.35. The fourth-order valence-electron chi connectivity index (χ4n) is 1.88. The van der Waals surface area contributed by atoms with Gasteiger partial charge in [0.25, 0.3) is 0 Å². The van der Waals surface area contributed by atoms with E-state index in [2.05, 4.69) is 5.32 Å². The van der Waals surface area contributed by atoms with Crippen LogP contribution in [0.5, 0.6) is 0 Å². The minimum Gasteiger partial charge on any atom is -0.478 e. The topological polar surface area (TPSA) is 75.4 Å². The third kappa shape index (κ3) is 2.12. The minimum absolute atomic E-state index is 0.0708. The van der Waals surface area contributed by atoms with Crippen LogP contribution in [0.3, 0.4) is 0 Å². The second-order valence-corrected chi connectivity index (χ2v) is 3.96. The summed E-state index contributed by atoms with van der Waals surface area (Å²) >= 11 is 0. The number of hydrogen-bond acceptors (Lipinski definition) is 3. The van der Waals surface area contributed by atoms with Crippen LogP contribution in [0.25, 0.3) is 0 Å². The van der Waals surface area contributed by atoms with E-state index in [0.717, 1.165) is 0 Å². The second-order valence-electron chi connectivity index (χ2n) is 3.96. The van der Waals surface area contributed by atoms with Gasteiger partial charge in [-0.25, -0.2) is 9.18 Å². The summed E-state index contributed by atoms with van der Waals surface area (Å²) in [5.41, 5.74) is 6.44. The minimum atomic E-state index is -1.85. The number of halogens is 1. The first-order valence-corrected chi connectivity index (χ1v) is 5.44. The number of dihydropyridines is 1. The van der Waals surface area contributed by atoms with Crippen molar-refractivity contribution in [3.8, 4) is 0 Å². The monoisotopic (exact) mass is 248 g/mol. The van der Waals surface area contributed by atoms with E-state index in [1.54, 1.807) is 12.2 Å². The summed E-state index contributed by atoms with van der Waals surface area (Å²) in [4.78, 5) is 10.9. The Morgan fingerprint density at radius 1 is 1.44 bits per heavy atom. The third-order valence-corrected chi connectivity index (χ3v) is 2.79. The van der Waals surface area contributed by atoms with E-state index in [0.29, 0.717) is 11.1 Å². The molecule has 1 aliphatic rings. The van der Waals surface area contributed by atoms with Gasteiger partial charge in [0.05, 0.1) is 5.56 Å². The Bertz CT molecular complexity index is 540. The second kappa shape index (κ2) is 4.62. The van der Waals surface area contributed by atoms with Crippen LogP contribution in [0.1, 0.15) is 21.5 Å². The van der Waals surface area contributed by atoms with Crippen molar-refractivity contribution < 1.29 is 14.3 Å². The molecule has 1 aliphatic heterocycles. The Hall–Kier alpha value is -2.14. The maximum atomic E-state index is 14.6. The summed E-state index contributed by atoms with van der Waals surface area (Å²) < 4.78 is 14.6. The molecule has 0 aliphatic carbocycles. The van der Waals surface area contributed by atoms with Crippen molar-refractivity contribution in [3.05, 3.63) is 59.3 Å². The summed E-state index contributed by atoms with van der Waals surface area (Å²) in [7, 11) is 0. The molecule has 1 atom stereocenters. The molecule has 0 spiro atoms. The Balaban J connectivity index is 2.48. The van der Waals surface area contributed by atoms with Crippen LogP contribution in [0.4, 0.5) is 4.39 Å². The number of hydrogen-bond donors (Lipinski definition) is 3. The van der Waals surface area contributed by atoms with Crippen LogP contribution in [0, 0.1) is 0 Å². The van der Waals surface area contributed by atoms with Crippen molar-refractivity contribution in [2.45, 2.75) is 12.3 Å². The highest BCUT2D eigenvalue weighted by Gasteiger charge is 2.31. The first kappa shape index (κ1) is 12.3. The number of carboxylic acids is 1. The fraction of sp³-hybridized carbons (Fsp3) is 0.154. The van der Waals surface area contributed by atoms with E-state index in [-0.39, 0.29) is 12.1 Å². The molecule has 4 nitrogen and oxygen atoms in total. The van der Waals surface area contributed by atoms with Crippen molar-refractivity contribution >= 4 is 5.97 Å². The highest BCUT2D eigenvalue weighted by molar-refractivity contribution is 5.88. The number of rotatable bonds is 3. The Kier molecular flexibility index (Phi) is 3.16. The normalized spacial score (nSPS) is 21.7. The lowest BCUT2D eigenvalue weighted by Gasteiger charge is -2.26. The molecule has 0 fully saturated rings. The summed E-state index contributed by atoms with van der Waals surface area (Å²) in [6.07, 6.45) is 6.11. The smallest absolute Gasteiger partial charge is 0.335 e. The van der Waals surface area contributed by atoms with Gasteiger partial charge in [-0.3, -0.25) is 0 Å². The molecule has 2 rings (SSSR count). The quantitative estimate of drug-likeness (QED) is 0.711. The first-order chi connectivity index (χ1) is 8.57. The molecule has 0 radical (unpaired) electrons. The lowest BCUT2D eigenvalue weighted by molar-refractivity contribution is 0.0696. The van der Waals surface area contributed by atoms with Gasteiger partial charge in [0.2, 0.25) is 5.79 Å². The zero-order chi connectivity index (χ0) is 13.2. The van der Waals surface area contributed by atoms with Gasteiger partial charge in [-0.1, -0.05) is 12.1 Å². The van der Waals surface area contributed by atoms with Gasteiger partial charge in [0, 0.05) is 12.1 Å². The zero-order valence-corrected chi connectivity index (χ0v) is 9.56. The number of carbonyl (C=O) groups is 1. The molecule has 0 amide bonds. The van der Waals surface area contributed by atoms with Crippen LogP contribution < -0.4 is 11.1 Å². The number of nitrogens with one attached hydrogen (secondary N) is 1. The van der Waals surface area contributed by atoms with Crippen LogP contribution in [0.15, 0.2) is 42.6 Å². The average Bonchev–Trinajstić information content (AvgIpc) is 2.38. The van der Waals surface area contributed by atoms with Gasteiger partial charge < -0.3 is 16.2 Å². The van der Waals surface area contributed by atoms with Gasteiger partial charge in [0.15, 0.2) is 0 Å². The predicted octanol–water partition coefficient (Wildman–Crippen LogP) is 1.64. The van der Waals surface area contributed by atoms with Gasteiger partial charge in [0.1, 0.15) is 0 Å². The van der Waals surface area contributed by atoms with Gasteiger partial charge >= 0.3 is 5.97 Å². The van der Waals surface area contributed by atoms with Crippen molar-refractivity contribution in [1.82, 2.24) is 5.32 Å². The lowest BCUT2D eigenvalue weighted by atomic mass is 9.94. The number of alkyl halides is 1. The fourth-order valence-corrected chi connectivity index (χ4v) is 1.88. The van der Waals surface area contributed by atoms with Crippen molar-refractivity contribution in [2.75, 3.05) is 0 Å². The number of allylic oxidation sites excluding steroid dienone is 2. The predicted molar refractivity (Wildman–Crippen MR) is 65.5 cm³/mol. The maximum absolute atomic E-state index is 14.6. The van der Waals surface area contributed by atoms with E-state index >= 15 is 0 Å². The Labute approximate surface area is 104 Å². The van der Waals surface area contributed by atoms with E-state index in [4.69, 9.17) is 10.8 Å². The molecular formula is C13H13FN2O2. The van der Waals surface area contributed by atoms with Crippen LogP contribution in [0.2, 0.25) is 0 Å². The SMILES string of the molecule is NCc1cc(C(=O)O)ccc1C1(F)C=CC=CN1. The third-order valence-electron chi connectivity index (χ3n) is 2.79. The largest absolute Gasteiger partial charge is 0.478 e. The van der Waals surface area contributed by atoms with E-state index in [1.807, 2.05) is 0 Å². The number of aromatic carboxylic acids is 1. The van der Waals surface area contributed by atoms with Gasteiger partial charge in [-0.05, 0) is 36.0 Å². The molecule has 5 heteroatoms.